The molecule has 1 saturated heterocycles. The van der Waals surface area contributed by atoms with Gasteiger partial charge in [-0.3, -0.25) is 4.79 Å². The molecule has 1 aromatic rings. The van der Waals surface area contributed by atoms with Crippen LogP contribution in [0.2, 0.25) is 0 Å². The second-order valence-electron chi connectivity index (χ2n) is 5.21. The van der Waals surface area contributed by atoms with Gasteiger partial charge in [0.05, 0.1) is 6.61 Å². The van der Waals surface area contributed by atoms with E-state index >= 15 is 0 Å². The molecule has 0 spiro atoms. The number of nitrogens with zero attached hydrogens (tertiary/aromatic N) is 1. The van der Waals surface area contributed by atoms with Crippen LogP contribution in [0.15, 0.2) is 30.3 Å². The molecule has 114 valence electrons. The van der Waals surface area contributed by atoms with Gasteiger partial charge in [0.2, 0.25) is 0 Å². The molecule has 1 aromatic carbocycles. The summed E-state index contributed by atoms with van der Waals surface area (Å²) in [5.41, 5.74) is 0.867. The van der Waals surface area contributed by atoms with E-state index in [9.17, 15) is 14.7 Å². The third-order valence-electron chi connectivity index (χ3n) is 3.46. The molecule has 1 unspecified atom stereocenters. The fourth-order valence-corrected chi connectivity index (χ4v) is 2.25. The Morgan fingerprint density at radius 2 is 2.14 bits per heavy atom. The van der Waals surface area contributed by atoms with E-state index in [4.69, 9.17) is 4.74 Å². The number of amides is 1. The Morgan fingerprint density at radius 3 is 2.76 bits per heavy atom. The van der Waals surface area contributed by atoms with Gasteiger partial charge in [0, 0.05) is 19.5 Å². The molecule has 1 fully saturated rings. The summed E-state index contributed by atoms with van der Waals surface area (Å²) in [6.07, 6.45) is -0.355. The van der Waals surface area contributed by atoms with Crippen LogP contribution in [0.4, 0.5) is 0 Å². The number of rotatable bonds is 5. The Labute approximate surface area is 123 Å². The van der Waals surface area contributed by atoms with Gasteiger partial charge in [-0.05, 0) is 12.6 Å². The molecule has 0 saturated carbocycles. The number of carboxylic acids is 1. The highest BCUT2D eigenvalue weighted by molar-refractivity contribution is 5.86. The molecule has 2 rings (SSSR count). The number of hydrogen-bond acceptors (Lipinski definition) is 4. The number of likely N-dealkylation sites (N-methyl/N-ethyl adjacent to an activating group) is 1. The summed E-state index contributed by atoms with van der Waals surface area (Å²) in [6.45, 7) is 1.73. The number of hydrogen-bond donors (Lipinski definition) is 2. The molecule has 1 aliphatic heterocycles. The maximum absolute atomic E-state index is 12.1. The van der Waals surface area contributed by atoms with Crippen molar-refractivity contribution in [2.45, 2.75) is 18.6 Å². The molecule has 2 atom stereocenters. The average Bonchev–Trinajstić information content (AvgIpc) is 2.47. The van der Waals surface area contributed by atoms with E-state index in [1.54, 1.807) is 0 Å². The lowest BCUT2D eigenvalue weighted by molar-refractivity contribution is -0.146. The van der Waals surface area contributed by atoms with E-state index in [2.05, 4.69) is 5.32 Å². The van der Waals surface area contributed by atoms with E-state index in [1.807, 2.05) is 42.3 Å². The van der Waals surface area contributed by atoms with Crippen molar-refractivity contribution >= 4 is 11.9 Å². The first-order valence-electron chi connectivity index (χ1n) is 6.93. The van der Waals surface area contributed by atoms with Crippen LogP contribution in [0.5, 0.6) is 0 Å². The lowest BCUT2D eigenvalue weighted by Crippen LogP contribution is -2.52. The van der Waals surface area contributed by atoms with Crippen molar-refractivity contribution in [1.82, 2.24) is 10.2 Å². The zero-order valence-electron chi connectivity index (χ0n) is 12.0. The Balaban J connectivity index is 1.96. The number of carbonyl (C=O) groups is 2. The number of ether oxygens (including phenoxy) is 1. The van der Waals surface area contributed by atoms with Crippen LogP contribution in [0.3, 0.4) is 0 Å². The van der Waals surface area contributed by atoms with Gasteiger partial charge in [0.1, 0.15) is 12.1 Å². The summed E-state index contributed by atoms with van der Waals surface area (Å²) >= 11 is 0. The highest BCUT2D eigenvalue weighted by atomic mass is 16.5. The fourth-order valence-electron chi connectivity index (χ4n) is 2.25. The van der Waals surface area contributed by atoms with Gasteiger partial charge in [0.25, 0.3) is 5.91 Å². The number of aliphatic carboxylic acids is 1. The van der Waals surface area contributed by atoms with Crippen LogP contribution in [0.25, 0.3) is 0 Å². The predicted octanol–water partition coefficient (Wildman–Crippen LogP) is 0.129. The van der Waals surface area contributed by atoms with E-state index < -0.39 is 18.1 Å². The minimum Gasteiger partial charge on any atom is -0.480 e. The normalized spacial score (nSPS) is 20.7. The molecule has 6 heteroatoms. The number of morpholine rings is 1. The SMILES string of the molecule is CN1CCOC(C(=O)N[C@H](Cc2ccccc2)C(=O)O)C1. The average molecular weight is 292 g/mol. The van der Waals surface area contributed by atoms with Crippen molar-refractivity contribution in [2.75, 3.05) is 26.7 Å². The third kappa shape index (κ3) is 4.54. The fraction of sp³-hybridized carbons (Fsp3) is 0.467. The van der Waals surface area contributed by atoms with Gasteiger partial charge in [-0.1, -0.05) is 30.3 Å². The molecule has 6 nitrogen and oxygen atoms in total. The van der Waals surface area contributed by atoms with E-state index in [0.717, 1.165) is 12.1 Å². The molecule has 0 aliphatic carbocycles. The van der Waals surface area contributed by atoms with Crippen LogP contribution in [-0.4, -0.2) is 60.8 Å². The first-order valence-corrected chi connectivity index (χ1v) is 6.93. The van der Waals surface area contributed by atoms with Crippen molar-refractivity contribution in [3.05, 3.63) is 35.9 Å². The molecule has 2 N–H and O–H groups in total. The molecular weight excluding hydrogens is 272 g/mol. The highest BCUT2D eigenvalue weighted by Crippen LogP contribution is 2.06. The largest absolute Gasteiger partial charge is 0.480 e. The van der Waals surface area contributed by atoms with Crippen LogP contribution in [-0.2, 0) is 20.7 Å². The van der Waals surface area contributed by atoms with Gasteiger partial charge in [-0.25, -0.2) is 4.79 Å². The third-order valence-corrected chi connectivity index (χ3v) is 3.46. The molecule has 0 bridgehead atoms. The van der Waals surface area contributed by atoms with Crippen molar-refractivity contribution in [3.8, 4) is 0 Å². The molecule has 1 heterocycles. The Bertz CT molecular complexity index is 492. The quantitative estimate of drug-likeness (QED) is 0.806. The smallest absolute Gasteiger partial charge is 0.326 e. The predicted molar refractivity (Wildman–Crippen MR) is 76.9 cm³/mol. The number of carbonyl (C=O) groups excluding carboxylic acids is 1. The lowest BCUT2D eigenvalue weighted by Gasteiger charge is -2.29. The van der Waals surface area contributed by atoms with Gasteiger partial charge < -0.3 is 20.1 Å². The van der Waals surface area contributed by atoms with Crippen molar-refractivity contribution in [1.29, 1.82) is 0 Å². The Morgan fingerprint density at radius 1 is 1.43 bits per heavy atom. The van der Waals surface area contributed by atoms with Crippen LogP contribution in [0.1, 0.15) is 5.56 Å². The maximum atomic E-state index is 12.1. The van der Waals surface area contributed by atoms with Crippen molar-refractivity contribution in [3.63, 3.8) is 0 Å². The molecule has 0 aromatic heterocycles. The van der Waals surface area contributed by atoms with Gasteiger partial charge in [-0.15, -0.1) is 0 Å². The minimum absolute atomic E-state index is 0.254. The standard InChI is InChI=1S/C15H20N2O4/c1-17-7-8-21-13(10-17)14(18)16-12(15(19)20)9-11-5-3-2-4-6-11/h2-6,12-13H,7-10H2,1H3,(H,16,18)(H,19,20)/t12-,13?/m1/s1. The summed E-state index contributed by atoms with van der Waals surface area (Å²) in [7, 11) is 1.90. The van der Waals surface area contributed by atoms with Gasteiger partial charge in [-0.2, -0.15) is 0 Å². The van der Waals surface area contributed by atoms with E-state index in [-0.39, 0.29) is 12.3 Å². The maximum Gasteiger partial charge on any atom is 0.326 e. The summed E-state index contributed by atoms with van der Waals surface area (Å²) in [5.74, 6) is -1.42. The molecule has 1 amide bonds. The van der Waals surface area contributed by atoms with Crippen LogP contribution in [0, 0.1) is 0 Å². The van der Waals surface area contributed by atoms with Crippen LogP contribution < -0.4 is 5.32 Å². The lowest BCUT2D eigenvalue weighted by atomic mass is 10.1. The summed E-state index contributed by atoms with van der Waals surface area (Å²) in [6, 6.07) is 8.28. The molecule has 0 radical (unpaired) electrons. The van der Waals surface area contributed by atoms with Gasteiger partial charge >= 0.3 is 5.97 Å². The topological polar surface area (TPSA) is 78.9 Å². The summed E-state index contributed by atoms with van der Waals surface area (Å²) < 4.78 is 5.39. The zero-order valence-corrected chi connectivity index (χ0v) is 12.0. The van der Waals surface area contributed by atoms with Crippen LogP contribution >= 0.6 is 0 Å². The van der Waals surface area contributed by atoms with Crippen molar-refractivity contribution in [2.24, 2.45) is 0 Å². The molecule has 1 aliphatic rings. The van der Waals surface area contributed by atoms with E-state index in [0.29, 0.717) is 13.2 Å². The first kappa shape index (κ1) is 15.5. The molecule has 21 heavy (non-hydrogen) atoms. The molecular formula is C15H20N2O4. The Kier molecular flexibility index (Phi) is 5.30. The second-order valence-corrected chi connectivity index (χ2v) is 5.21. The van der Waals surface area contributed by atoms with Gasteiger partial charge in [0.15, 0.2) is 0 Å². The number of carboxylic acid groups (broad SMARTS) is 1. The minimum atomic E-state index is -1.05. The number of nitrogens with one attached hydrogen (secondary N) is 1. The highest BCUT2D eigenvalue weighted by Gasteiger charge is 2.28. The monoisotopic (exact) mass is 292 g/mol. The summed E-state index contributed by atoms with van der Waals surface area (Å²) in [4.78, 5) is 25.4. The van der Waals surface area contributed by atoms with Crippen molar-refractivity contribution < 1.29 is 19.4 Å². The zero-order chi connectivity index (χ0) is 15.2. The number of benzene rings is 1. The summed E-state index contributed by atoms with van der Waals surface area (Å²) in [5, 5.41) is 11.8. The van der Waals surface area contributed by atoms with E-state index in [1.165, 1.54) is 0 Å². The first-order chi connectivity index (χ1) is 10.1. The second kappa shape index (κ2) is 7.19. The Hall–Kier alpha value is -1.92.